The predicted molar refractivity (Wildman–Crippen MR) is 54.2 cm³/mol. The van der Waals surface area contributed by atoms with E-state index in [2.05, 4.69) is 16.8 Å². The van der Waals surface area contributed by atoms with Crippen molar-refractivity contribution in [1.29, 1.82) is 5.26 Å². The van der Waals surface area contributed by atoms with Gasteiger partial charge in [0.2, 0.25) is 0 Å². The molecule has 2 heteroatoms. The number of nitriles is 1. The summed E-state index contributed by atoms with van der Waals surface area (Å²) in [6, 6.07) is 11.4. The standard InChI is InChI=1S/C12H6N2/c13-8-2-6-10-4-1-5-11-7-3-9-14-12(10)11/h1,3-5,7,9H. The fraction of sp³-hybridized carbons (Fsp3) is 0. The van der Waals surface area contributed by atoms with Crippen LogP contribution < -0.4 is 0 Å². The summed E-state index contributed by atoms with van der Waals surface area (Å²) in [5.41, 5.74) is 1.64. The van der Waals surface area contributed by atoms with Gasteiger partial charge in [0.1, 0.15) is 0 Å². The topological polar surface area (TPSA) is 36.7 Å². The summed E-state index contributed by atoms with van der Waals surface area (Å²) in [6.45, 7) is 0. The van der Waals surface area contributed by atoms with E-state index < -0.39 is 0 Å². The number of nitrogens with zero attached hydrogens (tertiary/aromatic N) is 2. The van der Waals surface area contributed by atoms with Crippen LogP contribution in [-0.4, -0.2) is 4.98 Å². The molecular weight excluding hydrogens is 172 g/mol. The van der Waals surface area contributed by atoms with Gasteiger partial charge in [-0.25, -0.2) is 0 Å². The second-order valence-electron chi connectivity index (χ2n) is 2.74. The number of aromatic nitrogens is 1. The highest BCUT2D eigenvalue weighted by Gasteiger charge is 1.96. The van der Waals surface area contributed by atoms with Gasteiger partial charge in [0, 0.05) is 17.5 Å². The zero-order chi connectivity index (χ0) is 9.80. The highest BCUT2D eigenvalue weighted by molar-refractivity contribution is 5.84. The number of fused-ring (bicyclic) bond motifs is 1. The van der Waals surface area contributed by atoms with Gasteiger partial charge in [-0.1, -0.05) is 18.2 Å². The summed E-state index contributed by atoms with van der Waals surface area (Å²) in [5.74, 6) is 5.14. The first-order valence-corrected chi connectivity index (χ1v) is 4.15. The van der Waals surface area contributed by atoms with Crippen molar-refractivity contribution >= 4 is 10.9 Å². The van der Waals surface area contributed by atoms with E-state index in [-0.39, 0.29) is 0 Å². The van der Waals surface area contributed by atoms with E-state index in [1.165, 1.54) is 0 Å². The zero-order valence-corrected chi connectivity index (χ0v) is 7.36. The summed E-state index contributed by atoms with van der Waals surface area (Å²) >= 11 is 0. The monoisotopic (exact) mass is 178 g/mol. The number of benzene rings is 1. The van der Waals surface area contributed by atoms with Crippen LogP contribution in [0.3, 0.4) is 0 Å². The first-order chi connectivity index (χ1) is 6.92. The highest BCUT2D eigenvalue weighted by Crippen LogP contribution is 2.14. The lowest BCUT2D eigenvalue weighted by Gasteiger charge is -1.97. The molecular formula is C12H6N2. The fourth-order valence-electron chi connectivity index (χ4n) is 1.30. The van der Waals surface area contributed by atoms with Crippen molar-refractivity contribution < 1.29 is 0 Å². The lowest BCUT2D eigenvalue weighted by Crippen LogP contribution is -1.82. The zero-order valence-electron chi connectivity index (χ0n) is 7.36. The van der Waals surface area contributed by atoms with Gasteiger partial charge in [0.05, 0.1) is 11.1 Å². The summed E-state index contributed by atoms with van der Waals surface area (Å²) in [5, 5.41) is 9.39. The van der Waals surface area contributed by atoms with Gasteiger partial charge < -0.3 is 0 Å². The Kier molecular flexibility index (Phi) is 2.13. The number of hydrogen-bond acceptors (Lipinski definition) is 2. The first-order valence-electron chi connectivity index (χ1n) is 4.15. The van der Waals surface area contributed by atoms with Crippen molar-refractivity contribution in [2.24, 2.45) is 0 Å². The molecule has 14 heavy (non-hydrogen) atoms. The Morgan fingerprint density at radius 1 is 1.14 bits per heavy atom. The van der Waals surface area contributed by atoms with Crippen LogP contribution in [0.1, 0.15) is 5.56 Å². The lowest BCUT2D eigenvalue weighted by atomic mass is 10.1. The third kappa shape index (κ3) is 1.42. The fourth-order valence-corrected chi connectivity index (χ4v) is 1.30. The molecule has 1 heterocycles. The Bertz CT molecular complexity index is 563. The van der Waals surface area contributed by atoms with Crippen molar-refractivity contribution in [2.75, 3.05) is 0 Å². The Balaban J connectivity index is 2.72. The number of rotatable bonds is 0. The summed E-state index contributed by atoms with van der Waals surface area (Å²) in [7, 11) is 0. The molecule has 0 saturated heterocycles. The van der Waals surface area contributed by atoms with E-state index in [0.717, 1.165) is 16.5 Å². The molecule has 0 unspecified atom stereocenters. The lowest BCUT2D eigenvalue weighted by molar-refractivity contribution is 1.40. The van der Waals surface area contributed by atoms with E-state index in [4.69, 9.17) is 5.26 Å². The van der Waals surface area contributed by atoms with Crippen LogP contribution in [0.15, 0.2) is 36.5 Å². The average Bonchev–Trinajstić information content (AvgIpc) is 2.26. The minimum Gasteiger partial charge on any atom is -0.255 e. The Morgan fingerprint density at radius 3 is 2.86 bits per heavy atom. The van der Waals surface area contributed by atoms with Gasteiger partial charge in [-0.05, 0) is 18.1 Å². The van der Waals surface area contributed by atoms with Gasteiger partial charge in [-0.15, -0.1) is 0 Å². The molecule has 2 aromatic rings. The van der Waals surface area contributed by atoms with Crippen LogP contribution in [0.5, 0.6) is 0 Å². The number of para-hydroxylation sites is 1. The van der Waals surface area contributed by atoms with Gasteiger partial charge in [-0.2, -0.15) is 5.26 Å². The Hall–Kier alpha value is -2.32. The SMILES string of the molecule is N#CC#Cc1cccc2cccnc12. The minimum absolute atomic E-state index is 0.796. The highest BCUT2D eigenvalue weighted by atomic mass is 14.6. The molecule has 2 nitrogen and oxygen atoms in total. The molecule has 0 saturated carbocycles. The average molecular weight is 178 g/mol. The van der Waals surface area contributed by atoms with Crippen molar-refractivity contribution in [3.05, 3.63) is 42.1 Å². The maximum absolute atomic E-state index is 8.36. The largest absolute Gasteiger partial charge is 0.255 e. The summed E-state index contributed by atoms with van der Waals surface area (Å²) < 4.78 is 0. The second kappa shape index (κ2) is 3.60. The molecule has 0 atom stereocenters. The molecule has 0 aliphatic carbocycles. The number of hydrogen-bond donors (Lipinski definition) is 0. The van der Waals surface area contributed by atoms with Crippen molar-refractivity contribution in [1.82, 2.24) is 4.98 Å². The van der Waals surface area contributed by atoms with Crippen LogP contribution in [0.2, 0.25) is 0 Å². The normalized spacial score (nSPS) is 8.79. The molecule has 0 aliphatic heterocycles. The van der Waals surface area contributed by atoms with Crippen LogP contribution in [0.25, 0.3) is 10.9 Å². The van der Waals surface area contributed by atoms with Gasteiger partial charge in [0.15, 0.2) is 6.07 Å². The van der Waals surface area contributed by atoms with E-state index in [1.807, 2.05) is 30.3 Å². The van der Waals surface area contributed by atoms with Gasteiger partial charge >= 0.3 is 0 Å². The maximum Gasteiger partial charge on any atom is 0.152 e. The van der Waals surface area contributed by atoms with Crippen molar-refractivity contribution in [2.45, 2.75) is 0 Å². The molecule has 0 N–H and O–H groups in total. The van der Waals surface area contributed by atoms with Gasteiger partial charge in [-0.3, -0.25) is 4.98 Å². The van der Waals surface area contributed by atoms with Crippen LogP contribution in [-0.2, 0) is 0 Å². The van der Waals surface area contributed by atoms with Crippen molar-refractivity contribution in [3.8, 4) is 17.9 Å². The Labute approximate surface area is 81.8 Å². The smallest absolute Gasteiger partial charge is 0.152 e. The van der Waals surface area contributed by atoms with Crippen LogP contribution in [0, 0.1) is 23.2 Å². The minimum atomic E-state index is 0.796. The van der Waals surface area contributed by atoms with E-state index in [9.17, 15) is 0 Å². The molecule has 1 aromatic carbocycles. The predicted octanol–water partition coefficient (Wildman–Crippen LogP) is 2.11. The van der Waals surface area contributed by atoms with E-state index >= 15 is 0 Å². The molecule has 0 amide bonds. The molecule has 1 aromatic heterocycles. The first kappa shape index (κ1) is 8.29. The van der Waals surface area contributed by atoms with E-state index in [0.29, 0.717) is 0 Å². The Morgan fingerprint density at radius 2 is 2.00 bits per heavy atom. The molecule has 64 valence electrons. The molecule has 0 spiro atoms. The third-order valence-corrected chi connectivity index (χ3v) is 1.89. The summed E-state index contributed by atoms with van der Waals surface area (Å²) in [4.78, 5) is 4.22. The molecule has 0 aliphatic rings. The molecule has 0 bridgehead atoms. The third-order valence-electron chi connectivity index (χ3n) is 1.89. The number of pyridine rings is 1. The molecule has 2 rings (SSSR count). The second-order valence-corrected chi connectivity index (χ2v) is 2.74. The maximum atomic E-state index is 8.36. The molecule has 0 radical (unpaired) electrons. The molecule has 0 fully saturated rings. The quantitative estimate of drug-likeness (QED) is 0.579. The van der Waals surface area contributed by atoms with Crippen LogP contribution in [0.4, 0.5) is 0 Å². The van der Waals surface area contributed by atoms with E-state index in [1.54, 1.807) is 12.3 Å². The van der Waals surface area contributed by atoms with Crippen LogP contribution >= 0.6 is 0 Å². The summed E-state index contributed by atoms with van der Waals surface area (Å²) in [6.07, 6.45) is 1.72. The van der Waals surface area contributed by atoms with Gasteiger partial charge in [0.25, 0.3) is 0 Å². The van der Waals surface area contributed by atoms with Crippen molar-refractivity contribution in [3.63, 3.8) is 0 Å².